The molecule has 35 heavy (non-hydrogen) atoms. The smallest absolute Gasteiger partial charge is 0.336 e. The van der Waals surface area contributed by atoms with E-state index in [4.69, 9.17) is 10.5 Å². The summed E-state index contributed by atoms with van der Waals surface area (Å²) in [7, 11) is -2.34. The van der Waals surface area contributed by atoms with Crippen molar-refractivity contribution in [3.63, 3.8) is 0 Å². The molecule has 0 aromatic heterocycles. The molecule has 0 unspecified atom stereocenters. The van der Waals surface area contributed by atoms with E-state index in [1.165, 1.54) is 12.1 Å². The Hall–Kier alpha value is -4.09. The number of para-hydroxylation sites is 2. The van der Waals surface area contributed by atoms with Gasteiger partial charge in [-0.15, -0.1) is 0 Å². The zero-order valence-electron chi connectivity index (χ0n) is 18.9. The Balaban J connectivity index is 1.50. The van der Waals surface area contributed by atoms with Crippen molar-refractivity contribution in [2.24, 2.45) is 0 Å². The van der Waals surface area contributed by atoms with Crippen molar-refractivity contribution in [3.05, 3.63) is 77.9 Å². The van der Waals surface area contributed by atoms with Gasteiger partial charge in [-0.2, -0.15) is 0 Å². The lowest BCUT2D eigenvalue weighted by atomic mass is 10.1. The molecule has 11 heteroatoms. The Morgan fingerprint density at radius 2 is 1.83 bits per heavy atom. The number of benzene rings is 3. The lowest BCUT2D eigenvalue weighted by Crippen LogP contribution is -2.43. The van der Waals surface area contributed by atoms with Crippen LogP contribution in [0.2, 0.25) is 0 Å². The summed E-state index contributed by atoms with van der Waals surface area (Å²) in [5.41, 5.74) is 7.88. The maximum absolute atomic E-state index is 13.2. The first-order valence-corrected chi connectivity index (χ1v) is 12.2. The number of hydrogen-bond acceptors (Lipinski definition) is 7. The van der Waals surface area contributed by atoms with E-state index in [1.807, 2.05) is 0 Å². The molecule has 3 aromatic carbocycles. The summed E-state index contributed by atoms with van der Waals surface area (Å²) in [5.74, 6) is 0.0191. The van der Waals surface area contributed by atoms with Crippen LogP contribution in [0.25, 0.3) is 0 Å². The van der Waals surface area contributed by atoms with E-state index in [0.717, 1.165) is 4.31 Å². The minimum absolute atomic E-state index is 0.0458. The number of anilines is 3. The lowest BCUT2D eigenvalue weighted by molar-refractivity contribution is 0.102. The van der Waals surface area contributed by atoms with Crippen molar-refractivity contribution in [1.82, 2.24) is 9.62 Å². The van der Waals surface area contributed by atoms with Gasteiger partial charge in [0, 0.05) is 18.2 Å². The van der Waals surface area contributed by atoms with Crippen LogP contribution < -0.4 is 26.4 Å². The number of rotatable bonds is 8. The number of ether oxygens (including phenoxy) is 1. The Bertz CT molecular complexity index is 1360. The molecule has 4 rings (SSSR count). The second-order valence-electron chi connectivity index (χ2n) is 7.79. The zero-order valence-corrected chi connectivity index (χ0v) is 19.8. The molecule has 0 bridgehead atoms. The number of nitrogens with one attached hydrogen (secondary N) is 3. The molecule has 5 N–H and O–H groups in total. The van der Waals surface area contributed by atoms with Gasteiger partial charge in [-0.05, 0) is 49.0 Å². The molecule has 10 nitrogen and oxygen atoms in total. The number of amides is 3. The van der Waals surface area contributed by atoms with E-state index in [1.54, 1.807) is 61.6 Å². The van der Waals surface area contributed by atoms with E-state index in [2.05, 4.69) is 16.0 Å². The van der Waals surface area contributed by atoms with Gasteiger partial charge >= 0.3 is 6.03 Å². The highest BCUT2D eigenvalue weighted by Crippen LogP contribution is 2.34. The molecule has 0 saturated heterocycles. The number of fused-ring (bicyclic) bond motifs is 1. The molecule has 0 radical (unpaired) electrons. The summed E-state index contributed by atoms with van der Waals surface area (Å²) < 4.78 is 32.8. The quantitative estimate of drug-likeness (QED) is 0.278. The SMILES string of the molecule is CNCCOc1ccc2c(c1)S(=O)(=O)N(Cc1ccc(C(=O)Nc3ccccc3N)cc1)C(=O)N2. The number of nitrogens with zero attached hydrogens (tertiary/aromatic N) is 1. The molecule has 182 valence electrons. The number of nitrogens with two attached hydrogens (primary N) is 1. The van der Waals surface area contributed by atoms with Gasteiger partial charge in [0.15, 0.2) is 0 Å². The Kier molecular flexibility index (Phi) is 6.90. The van der Waals surface area contributed by atoms with Gasteiger partial charge in [-0.1, -0.05) is 24.3 Å². The van der Waals surface area contributed by atoms with Gasteiger partial charge in [-0.3, -0.25) is 4.79 Å². The standard InChI is InChI=1S/C24H25N5O5S/c1-26-12-13-34-18-10-11-21-22(14-18)35(32,33)29(24(31)28-21)15-16-6-8-17(9-7-16)23(30)27-20-5-3-2-4-19(20)25/h2-11,14,26H,12-13,15,25H2,1H3,(H,27,30)(H,28,31). The molecule has 3 amide bonds. The largest absolute Gasteiger partial charge is 0.492 e. The summed E-state index contributed by atoms with van der Waals surface area (Å²) in [4.78, 5) is 25.1. The van der Waals surface area contributed by atoms with E-state index < -0.39 is 16.1 Å². The van der Waals surface area contributed by atoms with Gasteiger partial charge in [0.25, 0.3) is 15.9 Å². The van der Waals surface area contributed by atoms with Crippen LogP contribution in [0.4, 0.5) is 21.9 Å². The second-order valence-corrected chi connectivity index (χ2v) is 9.62. The van der Waals surface area contributed by atoms with Crippen molar-refractivity contribution in [2.75, 3.05) is 36.6 Å². The van der Waals surface area contributed by atoms with Gasteiger partial charge in [0.05, 0.1) is 23.6 Å². The predicted octanol–water partition coefficient (Wildman–Crippen LogP) is 2.86. The summed E-state index contributed by atoms with van der Waals surface area (Å²) in [6.07, 6.45) is 0. The molecule has 0 saturated carbocycles. The molecule has 0 spiro atoms. The molecular weight excluding hydrogens is 470 g/mol. The number of carbonyl (C=O) groups excluding carboxylic acids is 2. The third kappa shape index (κ3) is 5.20. The van der Waals surface area contributed by atoms with Crippen LogP contribution in [0.5, 0.6) is 5.75 Å². The molecule has 1 aliphatic heterocycles. The summed E-state index contributed by atoms with van der Waals surface area (Å²) >= 11 is 0. The fourth-order valence-electron chi connectivity index (χ4n) is 3.47. The number of nitrogen functional groups attached to an aromatic ring is 1. The first kappa shape index (κ1) is 24.0. The van der Waals surface area contributed by atoms with E-state index in [0.29, 0.717) is 41.4 Å². The second kappa shape index (κ2) is 10.0. The first-order chi connectivity index (χ1) is 16.8. The molecular formula is C24H25N5O5S. The number of hydrogen-bond donors (Lipinski definition) is 4. The Labute approximate surface area is 203 Å². The van der Waals surface area contributed by atoms with E-state index in [9.17, 15) is 18.0 Å². The number of carbonyl (C=O) groups is 2. The predicted molar refractivity (Wildman–Crippen MR) is 133 cm³/mol. The van der Waals surface area contributed by atoms with Crippen molar-refractivity contribution in [2.45, 2.75) is 11.4 Å². The lowest BCUT2D eigenvalue weighted by Gasteiger charge is -2.29. The zero-order chi connectivity index (χ0) is 25.0. The van der Waals surface area contributed by atoms with Crippen LogP contribution in [0.15, 0.2) is 71.6 Å². The number of urea groups is 1. The fraction of sp³-hybridized carbons (Fsp3) is 0.167. The third-order valence-corrected chi connectivity index (χ3v) is 7.13. The highest BCUT2D eigenvalue weighted by Gasteiger charge is 2.37. The molecule has 1 heterocycles. The maximum Gasteiger partial charge on any atom is 0.336 e. The van der Waals surface area contributed by atoms with Crippen LogP contribution >= 0.6 is 0 Å². The van der Waals surface area contributed by atoms with Crippen LogP contribution in [-0.4, -0.2) is 44.9 Å². The topological polar surface area (TPSA) is 143 Å². The summed E-state index contributed by atoms with van der Waals surface area (Å²) in [6.45, 7) is 0.758. The Morgan fingerprint density at radius 1 is 1.09 bits per heavy atom. The highest BCUT2D eigenvalue weighted by atomic mass is 32.2. The fourth-order valence-corrected chi connectivity index (χ4v) is 4.96. The molecule has 1 aliphatic rings. The number of likely N-dealkylation sites (N-methyl/N-ethyl adjacent to an activating group) is 1. The average Bonchev–Trinajstić information content (AvgIpc) is 2.84. The first-order valence-electron chi connectivity index (χ1n) is 10.8. The molecule has 0 atom stereocenters. The van der Waals surface area contributed by atoms with Crippen molar-refractivity contribution in [1.29, 1.82) is 0 Å². The Morgan fingerprint density at radius 3 is 2.54 bits per heavy atom. The minimum atomic E-state index is -4.12. The third-order valence-electron chi connectivity index (χ3n) is 5.36. The van der Waals surface area contributed by atoms with Crippen molar-refractivity contribution in [3.8, 4) is 5.75 Å². The molecule has 0 fully saturated rings. The van der Waals surface area contributed by atoms with E-state index in [-0.39, 0.29) is 23.0 Å². The monoisotopic (exact) mass is 495 g/mol. The van der Waals surface area contributed by atoms with Gasteiger partial charge < -0.3 is 26.4 Å². The van der Waals surface area contributed by atoms with Gasteiger partial charge in [-0.25, -0.2) is 17.5 Å². The molecule has 3 aromatic rings. The average molecular weight is 496 g/mol. The highest BCUT2D eigenvalue weighted by molar-refractivity contribution is 7.90. The van der Waals surface area contributed by atoms with Crippen molar-refractivity contribution < 1.29 is 22.7 Å². The van der Waals surface area contributed by atoms with Gasteiger partial charge in [0.1, 0.15) is 17.3 Å². The minimum Gasteiger partial charge on any atom is -0.492 e. The normalized spacial score (nSPS) is 14.1. The maximum atomic E-state index is 13.2. The van der Waals surface area contributed by atoms with Crippen LogP contribution in [0.1, 0.15) is 15.9 Å². The molecule has 0 aliphatic carbocycles. The summed E-state index contributed by atoms with van der Waals surface area (Å²) in [6, 6.07) is 16.9. The van der Waals surface area contributed by atoms with Crippen LogP contribution in [-0.2, 0) is 16.6 Å². The summed E-state index contributed by atoms with van der Waals surface area (Å²) in [5, 5.41) is 8.28. The van der Waals surface area contributed by atoms with Gasteiger partial charge in [0.2, 0.25) is 0 Å². The number of sulfonamides is 1. The van der Waals surface area contributed by atoms with Crippen LogP contribution in [0.3, 0.4) is 0 Å². The van der Waals surface area contributed by atoms with Crippen LogP contribution in [0, 0.1) is 0 Å². The van der Waals surface area contributed by atoms with E-state index >= 15 is 0 Å². The van der Waals surface area contributed by atoms with Crippen molar-refractivity contribution >= 4 is 39.0 Å².